The summed E-state index contributed by atoms with van der Waals surface area (Å²) in [5, 5.41) is 0. The molecule has 0 amide bonds. The Labute approximate surface area is 384 Å². The number of allylic oxidation sites excluding steroid dienone is 8. The summed E-state index contributed by atoms with van der Waals surface area (Å²) in [6, 6.07) is 0. The zero-order chi connectivity index (χ0) is 45.1. The molecule has 1 atom stereocenters. The Morgan fingerprint density at radius 3 is 0.984 bits per heavy atom. The lowest BCUT2D eigenvalue weighted by atomic mass is 10.0. The second-order valence-electron chi connectivity index (χ2n) is 17.9. The minimum atomic E-state index is -0.788. The van der Waals surface area contributed by atoms with Crippen LogP contribution >= 0.6 is 0 Å². The number of rotatable bonds is 48. The number of esters is 3. The quantitative estimate of drug-likeness (QED) is 0.0262. The summed E-state index contributed by atoms with van der Waals surface area (Å²) in [4.78, 5) is 38.0. The van der Waals surface area contributed by atoms with E-state index in [0.717, 1.165) is 70.6 Å². The molecule has 0 radical (unpaired) electrons. The van der Waals surface area contributed by atoms with Gasteiger partial charge in [0.1, 0.15) is 13.2 Å². The molecule has 6 heteroatoms. The molecule has 0 aliphatic rings. The summed E-state index contributed by atoms with van der Waals surface area (Å²) in [6.07, 6.45) is 61.0. The maximum Gasteiger partial charge on any atom is 0.306 e. The van der Waals surface area contributed by atoms with Crippen LogP contribution in [0.1, 0.15) is 271 Å². The lowest BCUT2D eigenvalue weighted by Crippen LogP contribution is -2.30. The van der Waals surface area contributed by atoms with Crippen molar-refractivity contribution >= 4 is 17.9 Å². The molecule has 0 aromatic heterocycles. The van der Waals surface area contributed by atoms with Crippen molar-refractivity contribution in [1.82, 2.24) is 0 Å². The van der Waals surface area contributed by atoms with E-state index in [2.05, 4.69) is 39.0 Å². The maximum absolute atomic E-state index is 12.8. The summed E-state index contributed by atoms with van der Waals surface area (Å²) in [6.45, 7) is 6.49. The topological polar surface area (TPSA) is 78.9 Å². The lowest BCUT2D eigenvalue weighted by molar-refractivity contribution is -0.167. The highest BCUT2D eigenvalue weighted by atomic mass is 16.6. The zero-order valence-electron chi connectivity index (χ0n) is 41.1. The first-order chi connectivity index (χ1) is 30.5. The number of unbranched alkanes of at least 4 members (excludes halogenated alkanes) is 32. The van der Waals surface area contributed by atoms with E-state index < -0.39 is 6.10 Å². The van der Waals surface area contributed by atoms with Gasteiger partial charge in [-0.05, 0) is 38.5 Å². The highest BCUT2D eigenvalue weighted by Crippen LogP contribution is 2.16. The molecule has 0 fully saturated rings. The third kappa shape index (κ3) is 48.4. The van der Waals surface area contributed by atoms with Gasteiger partial charge in [-0.15, -0.1) is 0 Å². The van der Waals surface area contributed by atoms with Gasteiger partial charge in [0.25, 0.3) is 0 Å². The van der Waals surface area contributed by atoms with E-state index in [1.807, 2.05) is 30.4 Å². The summed E-state index contributed by atoms with van der Waals surface area (Å²) in [5.74, 6) is -0.913. The van der Waals surface area contributed by atoms with Crippen LogP contribution in [0.25, 0.3) is 0 Å². The molecule has 0 aliphatic carbocycles. The van der Waals surface area contributed by atoms with Crippen molar-refractivity contribution in [1.29, 1.82) is 0 Å². The molecular formula is C56H100O6. The SMILES string of the molecule is CC/C=C/C=C/C=C/C=C/CCCCCC(=O)OC(COC(=O)CCCCCCCCCCCCCCC)COC(=O)CCCCCCCCCCCCCCCCCCCC. The number of carbonyl (C=O) groups excluding carboxylic acids is 3. The van der Waals surface area contributed by atoms with Crippen LogP contribution in [0.5, 0.6) is 0 Å². The fourth-order valence-electron chi connectivity index (χ4n) is 7.69. The fraction of sp³-hybridized carbons (Fsp3) is 0.804. The summed E-state index contributed by atoms with van der Waals surface area (Å²) >= 11 is 0. The number of ether oxygens (including phenoxy) is 3. The smallest absolute Gasteiger partial charge is 0.306 e. The van der Waals surface area contributed by atoms with Crippen LogP contribution in [0.3, 0.4) is 0 Å². The van der Waals surface area contributed by atoms with Gasteiger partial charge in [0, 0.05) is 19.3 Å². The van der Waals surface area contributed by atoms with Crippen LogP contribution < -0.4 is 0 Å². The Morgan fingerprint density at radius 2 is 0.629 bits per heavy atom. The van der Waals surface area contributed by atoms with Crippen molar-refractivity contribution in [2.45, 2.75) is 277 Å². The van der Waals surface area contributed by atoms with Crippen LogP contribution in [0.2, 0.25) is 0 Å². The first kappa shape index (κ1) is 59.4. The van der Waals surface area contributed by atoms with Crippen LogP contribution in [0.15, 0.2) is 48.6 Å². The number of hydrogen-bond donors (Lipinski definition) is 0. The second-order valence-corrected chi connectivity index (χ2v) is 17.9. The molecule has 360 valence electrons. The van der Waals surface area contributed by atoms with Gasteiger partial charge < -0.3 is 14.2 Å². The number of hydrogen-bond acceptors (Lipinski definition) is 6. The fourth-order valence-corrected chi connectivity index (χ4v) is 7.69. The molecule has 0 spiro atoms. The summed E-state index contributed by atoms with van der Waals surface area (Å²) in [5.41, 5.74) is 0. The van der Waals surface area contributed by atoms with Crippen molar-refractivity contribution in [2.75, 3.05) is 13.2 Å². The van der Waals surface area contributed by atoms with Crippen molar-refractivity contribution in [3.8, 4) is 0 Å². The molecule has 62 heavy (non-hydrogen) atoms. The van der Waals surface area contributed by atoms with Crippen LogP contribution in [0.4, 0.5) is 0 Å². The van der Waals surface area contributed by atoms with Crippen LogP contribution in [-0.4, -0.2) is 37.2 Å². The zero-order valence-corrected chi connectivity index (χ0v) is 41.1. The predicted molar refractivity (Wildman–Crippen MR) is 265 cm³/mol. The summed E-state index contributed by atoms with van der Waals surface area (Å²) < 4.78 is 16.8. The van der Waals surface area contributed by atoms with Gasteiger partial charge in [0.15, 0.2) is 6.10 Å². The van der Waals surface area contributed by atoms with Crippen LogP contribution in [-0.2, 0) is 28.6 Å². The van der Waals surface area contributed by atoms with E-state index in [4.69, 9.17) is 14.2 Å². The maximum atomic E-state index is 12.8. The Kier molecular flexibility index (Phi) is 48.8. The largest absolute Gasteiger partial charge is 0.462 e. The molecule has 0 N–H and O–H groups in total. The van der Waals surface area contributed by atoms with Gasteiger partial charge in [0.05, 0.1) is 0 Å². The summed E-state index contributed by atoms with van der Waals surface area (Å²) in [7, 11) is 0. The van der Waals surface area contributed by atoms with Gasteiger partial charge in [-0.1, -0.05) is 262 Å². The molecule has 0 saturated heterocycles. The van der Waals surface area contributed by atoms with E-state index in [1.165, 1.54) is 161 Å². The average molecular weight is 869 g/mol. The lowest BCUT2D eigenvalue weighted by Gasteiger charge is -2.18. The van der Waals surface area contributed by atoms with E-state index in [0.29, 0.717) is 12.8 Å². The Hall–Kier alpha value is -2.63. The molecule has 0 saturated carbocycles. The normalized spacial score (nSPS) is 12.4. The van der Waals surface area contributed by atoms with Gasteiger partial charge in [-0.25, -0.2) is 0 Å². The van der Waals surface area contributed by atoms with E-state index in [1.54, 1.807) is 0 Å². The molecule has 0 aromatic rings. The molecular weight excluding hydrogens is 769 g/mol. The molecule has 0 bridgehead atoms. The van der Waals surface area contributed by atoms with Crippen molar-refractivity contribution in [3.05, 3.63) is 48.6 Å². The van der Waals surface area contributed by atoms with E-state index in [9.17, 15) is 14.4 Å². The van der Waals surface area contributed by atoms with Gasteiger partial charge in [0.2, 0.25) is 0 Å². The predicted octanol–water partition coefficient (Wildman–Crippen LogP) is 17.5. The second kappa shape index (κ2) is 51.0. The molecule has 0 aliphatic heterocycles. The first-order valence-corrected chi connectivity index (χ1v) is 26.7. The third-order valence-electron chi connectivity index (χ3n) is 11.7. The highest BCUT2D eigenvalue weighted by molar-refractivity contribution is 5.71. The van der Waals surface area contributed by atoms with Crippen molar-refractivity contribution in [2.24, 2.45) is 0 Å². The average Bonchev–Trinajstić information content (AvgIpc) is 3.27. The molecule has 6 nitrogen and oxygen atoms in total. The molecule has 0 rings (SSSR count). The van der Waals surface area contributed by atoms with E-state index >= 15 is 0 Å². The minimum Gasteiger partial charge on any atom is -0.462 e. The van der Waals surface area contributed by atoms with Crippen molar-refractivity contribution in [3.63, 3.8) is 0 Å². The highest BCUT2D eigenvalue weighted by Gasteiger charge is 2.19. The Morgan fingerprint density at radius 1 is 0.339 bits per heavy atom. The van der Waals surface area contributed by atoms with Crippen molar-refractivity contribution < 1.29 is 28.6 Å². The third-order valence-corrected chi connectivity index (χ3v) is 11.7. The first-order valence-electron chi connectivity index (χ1n) is 26.7. The number of carbonyl (C=O) groups is 3. The monoisotopic (exact) mass is 869 g/mol. The van der Waals surface area contributed by atoms with E-state index in [-0.39, 0.29) is 37.5 Å². The Balaban J connectivity index is 4.35. The molecule has 1 unspecified atom stereocenters. The van der Waals surface area contributed by atoms with Gasteiger partial charge >= 0.3 is 17.9 Å². The standard InChI is InChI=1S/C56H100O6/c1-4-7-10-13-16-19-22-25-26-27-28-29-32-34-37-40-43-46-49-55(58)61-52-53(62-56(59)50-47-44-41-38-35-31-24-21-18-15-12-9-6-3)51-60-54(57)48-45-42-39-36-33-30-23-20-17-14-11-8-5-2/h9,12,15,18,21,24,31,35,53H,4-8,10-11,13-14,16-17,19-20,22-23,25-30,32-34,36-52H2,1-3H3/b12-9+,18-15+,24-21+,35-31+. The Bertz CT molecular complexity index is 1090. The molecule has 0 aromatic carbocycles. The molecule has 0 heterocycles. The minimum absolute atomic E-state index is 0.0853. The van der Waals surface area contributed by atoms with Gasteiger partial charge in [-0.3, -0.25) is 14.4 Å². The van der Waals surface area contributed by atoms with Crippen LogP contribution in [0, 0.1) is 0 Å². The van der Waals surface area contributed by atoms with Gasteiger partial charge in [-0.2, -0.15) is 0 Å².